The third kappa shape index (κ3) is 7.06. The number of benzene rings is 1. The van der Waals surface area contributed by atoms with Crippen LogP contribution in [-0.2, 0) is 11.2 Å². The number of allylic oxidation sites excluding steroid dienone is 1. The number of carbonyl (C=O) groups excluding carboxylic acids is 1. The van der Waals surface area contributed by atoms with E-state index in [0.717, 1.165) is 31.5 Å². The molecule has 178 valence electrons. The smallest absolute Gasteiger partial charge is 0.217 e. The molecule has 0 radical (unpaired) electrons. The summed E-state index contributed by atoms with van der Waals surface area (Å²) in [6.45, 7) is 15.2. The summed E-state index contributed by atoms with van der Waals surface area (Å²) in [6, 6.07) is 9.90. The van der Waals surface area contributed by atoms with Crippen LogP contribution in [0.4, 0.5) is 0 Å². The van der Waals surface area contributed by atoms with Crippen LogP contribution in [0.25, 0.3) is 0 Å². The minimum absolute atomic E-state index is 0.119. The predicted octanol–water partition coefficient (Wildman–Crippen LogP) is 2.99. The molecule has 3 rings (SSSR count). The van der Waals surface area contributed by atoms with Gasteiger partial charge < -0.3 is 21.2 Å². The van der Waals surface area contributed by atoms with Gasteiger partial charge in [0.15, 0.2) is 0 Å². The maximum atomic E-state index is 11.8. The van der Waals surface area contributed by atoms with Gasteiger partial charge in [-0.1, -0.05) is 65.0 Å². The fraction of sp³-hybridized carbons (Fsp3) is 0.654. The molecule has 0 saturated carbocycles. The Morgan fingerprint density at radius 2 is 1.97 bits per heavy atom. The van der Waals surface area contributed by atoms with Crippen LogP contribution < -0.4 is 16.1 Å². The van der Waals surface area contributed by atoms with E-state index in [1.165, 1.54) is 18.2 Å². The van der Waals surface area contributed by atoms with Gasteiger partial charge in [-0.2, -0.15) is 0 Å². The highest BCUT2D eigenvalue weighted by Gasteiger charge is 2.39. The number of nitrogens with zero attached hydrogens (tertiary/aromatic N) is 1. The Kier molecular flexibility index (Phi) is 7.69. The van der Waals surface area contributed by atoms with E-state index in [1.54, 1.807) is 0 Å². The predicted molar refractivity (Wildman–Crippen MR) is 130 cm³/mol. The van der Waals surface area contributed by atoms with Gasteiger partial charge in [-0.15, -0.1) is 0 Å². The van der Waals surface area contributed by atoms with Gasteiger partial charge >= 0.3 is 0 Å². The van der Waals surface area contributed by atoms with E-state index in [9.17, 15) is 9.90 Å². The monoisotopic (exact) mass is 442 g/mol. The molecule has 0 spiro atoms. The van der Waals surface area contributed by atoms with Crippen molar-refractivity contribution < 1.29 is 9.90 Å². The molecule has 6 nitrogen and oxygen atoms in total. The summed E-state index contributed by atoms with van der Waals surface area (Å²) in [4.78, 5) is 11.8. The van der Waals surface area contributed by atoms with E-state index in [4.69, 9.17) is 0 Å². The highest BCUT2D eigenvalue weighted by Crippen LogP contribution is 2.40. The van der Waals surface area contributed by atoms with Crippen molar-refractivity contribution in [1.29, 1.82) is 0 Å². The van der Waals surface area contributed by atoms with E-state index in [0.29, 0.717) is 13.0 Å². The lowest BCUT2D eigenvalue weighted by molar-refractivity contribution is -0.120. The number of hydrazine groups is 1. The third-order valence-electron chi connectivity index (χ3n) is 6.26. The lowest BCUT2D eigenvalue weighted by Gasteiger charge is -2.37. The van der Waals surface area contributed by atoms with Crippen molar-refractivity contribution in [2.75, 3.05) is 19.6 Å². The number of aliphatic hydroxyl groups excluding tert-OH is 1. The highest BCUT2D eigenvalue weighted by molar-refractivity contribution is 5.73. The van der Waals surface area contributed by atoms with Gasteiger partial charge in [0.2, 0.25) is 5.91 Å². The first-order valence-corrected chi connectivity index (χ1v) is 11.9. The van der Waals surface area contributed by atoms with Crippen molar-refractivity contribution in [3.8, 4) is 0 Å². The quantitative estimate of drug-likeness (QED) is 0.498. The lowest BCUT2D eigenvalue weighted by Crippen LogP contribution is -2.51. The number of hydrogen-bond donors (Lipinski definition) is 4. The molecule has 1 heterocycles. The van der Waals surface area contributed by atoms with Crippen LogP contribution in [0.15, 0.2) is 41.6 Å². The van der Waals surface area contributed by atoms with Crippen LogP contribution in [0.3, 0.4) is 0 Å². The van der Waals surface area contributed by atoms with Crippen LogP contribution in [0, 0.1) is 10.8 Å². The lowest BCUT2D eigenvalue weighted by atomic mass is 9.74. The molecule has 1 aliphatic carbocycles. The van der Waals surface area contributed by atoms with Gasteiger partial charge in [-0.25, -0.2) is 5.01 Å². The molecule has 0 bridgehead atoms. The van der Waals surface area contributed by atoms with Crippen LogP contribution in [0.2, 0.25) is 0 Å². The van der Waals surface area contributed by atoms with Crippen LogP contribution in [0.1, 0.15) is 59.9 Å². The van der Waals surface area contributed by atoms with Gasteiger partial charge in [0, 0.05) is 38.3 Å². The third-order valence-corrected chi connectivity index (χ3v) is 6.26. The molecule has 0 saturated heterocycles. The standard InChI is InChI=1S/C26H42N4O2/c1-18(31)28-21(12-19-10-8-7-9-11-19)24(32)15-27-22-13-26(5,6)14-23-20(22)16-30(29-23)17-25(2,3)4/h7-11,21-22,24,27,29,32H,12-17H2,1-6H3,(H,28,31)/t21-,22-,24+/m0/s1. The first-order chi connectivity index (χ1) is 14.9. The summed E-state index contributed by atoms with van der Waals surface area (Å²) < 4.78 is 0. The molecule has 6 heteroatoms. The van der Waals surface area contributed by atoms with Crippen molar-refractivity contribution in [3.63, 3.8) is 0 Å². The summed E-state index contributed by atoms with van der Waals surface area (Å²) in [5, 5.41) is 19.9. The summed E-state index contributed by atoms with van der Waals surface area (Å²) in [5.41, 5.74) is 7.92. The van der Waals surface area contributed by atoms with E-state index < -0.39 is 6.10 Å². The molecular weight excluding hydrogens is 400 g/mol. The van der Waals surface area contributed by atoms with Crippen molar-refractivity contribution in [2.24, 2.45) is 10.8 Å². The Hall–Kier alpha value is -1.89. The molecule has 1 aliphatic heterocycles. The topological polar surface area (TPSA) is 76.6 Å². The van der Waals surface area contributed by atoms with E-state index in [1.807, 2.05) is 30.3 Å². The number of carbonyl (C=O) groups is 1. The second-order valence-corrected chi connectivity index (χ2v) is 11.6. The van der Waals surface area contributed by atoms with Crippen LogP contribution >= 0.6 is 0 Å². The van der Waals surface area contributed by atoms with Crippen molar-refractivity contribution >= 4 is 5.91 Å². The zero-order chi connectivity index (χ0) is 23.5. The van der Waals surface area contributed by atoms with E-state index >= 15 is 0 Å². The summed E-state index contributed by atoms with van der Waals surface area (Å²) in [5.74, 6) is -0.119. The van der Waals surface area contributed by atoms with Crippen LogP contribution in [0.5, 0.6) is 0 Å². The Labute approximate surface area is 193 Å². The Balaban J connectivity index is 1.66. The maximum Gasteiger partial charge on any atom is 0.217 e. The minimum atomic E-state index is -0.673. The fourth-order valence-corrected chi connectivity index (χ4v) is 4.98. The highest BCUT2D eigenvalue weighted by atomic mass is 16.3. The summed E-state index contributed by atoms with van der Waals surface area (Å²) in [7, 11) is 0. The molecule has 1 aromatic rings. The number of nitrogens with one attached hydrogen (secondary N) is 3. The van der Waals surface area contributed by atoms with Crippen molar-refractivity contribution in [2.45, 2.75) is 79.0 Å². The molecule has 0 aromatic heterocycles. The molecule has 1 amide bonds. The minimum Gasteiger partial charge on any atom is -0.390 e. The molecule has 32 heavy (non-hydrogen) atoms. The largest absolute Gasteiger partial charge is 0.390 e. The zero-order valence-corrected chi connectivity index (χ0v) is 20.7. The normalized spacial score (nSPS) is 22.8. The van der Waals surface area contributed by atoms with E-state index in [-0.39, 0.29) is 28.8 Å². The molecular formula is C26H42N4O2. The number of aliphatic hydroxyl groups is 1. The molecule has 1 aromatic carbocycles. The second kappa shape index (κ2) is 9.94. The number of hydrogen-bond acceptors (Lipinski definition) is 5. The van der Waals surface area contributed by atoms with E-state index in [2.05, 4.69) is 55.7 Å². The fourth-order valence-electron chi connectivity index (χ4n) is 4.98. The zero-order valence-electron chi connectivity index (χ0n) is 20.7. The Bertz CT molecular complexity index is 813. The van der Waals surface area contributed by atoms with Gasteiger partial charge in [0.1, 0.15) is 0 Å². The molecule has 4 N–H and O–H groups in total. The average Bonchev–Trinajstić information content (AvgIpc) is 3.04. The van der Waals surface area contributed by atoms with Gasteiger partial charge in [0.05, 0.1) is 12.1 Å². The first kappa shape index (κ1) is 24.7. The summed E-state index contributed by atoms with van der Waals surface area (Å²) >= 11 is 0. The Morgan fingerprint density at radius 3 is 2.59 bits per heavy atom. The SMILES string of the molecule is CC(=O)N[C@@H](Cc1ccccc1)[C@H](O)CN[C@H]1CC(C)(C)CC2=C1CN(CC(C)(C)C)N2. The van der Waals surface area contributed by atoms with Gasteiger partial charge in [0.25, 0.3) is 0 Å². The Morgan fingerprint density at radius 1 is 1.28 bits per heavy atom. The average molecular weight is 443 g/mol. The maximum absolute atomic E-state index is 11.8. The number of amides is 1. The molecule has 2 aliphatic rings. The summed E-state index contributed by atoms with van der Waals surface area (Å²) in [6.07, 6.45) is 2.02. The van der Waals surface area contributed by atoms with Crippen LogP contribution in [-0.4, -0.2) is 53.8 Å². The number of rotatable bonds is 8. The van der Waals surface area contributed by atoms with Crippen molar-refractivity contribution in [1.82, 2.24) is 21.1 Å². The molecule has 3 atom stereocenters. The molecule has 0 unspecified atom stereocenters. The second-order valence-electron chi connectivity index (χ2n) is 11.6. The van der Waals surface area contributed by atoms with Gasteiger partial charge in [-0.3, -0.25) is 4.79 Å². The molecule has 0 fully saturated rings. The van der Waals surface area contributed by atoms with Gasteiger partial charge in [-0.05, 0) is 41.2 Å². The first-order valence-electron chi connectivity index (χ1n) is 11.9. The van der Waals surface area contributed by atoms with Crippen molar-refractivity contribution in [3.05, 3.63) is 47.2 Å².